The lowest BCUT2D eigenvalue weighted by atomic mass is 9.84. The highest BCUT2D eigenvalue weighted by molar-refractivity contribution is 5.87. The Kier molecular flexibility index (Phi) is 10.8. The quantitative estimate of drug-likeness (QED) is 0.274. The summed E-state index contributed by atoms with van der Waals surface area (Å²) in [5, 5.41) is 25.3. The molecule has 1 unspecified atom stereocenters. The zero-order chi connectivity index (χ0) is 31.2. The molecule has 1 fully saturated rings. The van der Waals surface area contributed by atoms with Crippen LogP contribution in [-0.4, -0.2) is 77.4 Å². The molecule has 4 atom stereocenters. The number of benzene rings is 1. The van der Waals surface area contributed by atoms with Crippen molar-refractivity contribution in [3.8, 4) is 11.8 Å². The van der Waals surface area contributed by atoms with Crippen molar-refractivity contribution in [1.29, 1.82) is 5.26 Å². The van der Waals surface area contributed by atoms with E-state index in [-0.39, 0.29) is 12.5 Å². The zero-order valence-corrected chi connectivity index (χ0v) is 25.6. The second-order valence-corrected chi connectivity index (χ2v) is 12.6. The number of nitrogens with one attached hydrogen (secondary N) is 2. The fraction of sp³-hybridized carbons (Fsp3) is 0.667. The van der Waals surface area contributed by atoms with Gasteiger partial charge < -0.3 is 34.7 Å². The lowest BCUT2D eigenvalue weighted by Gasteiger charge is -2.48. The summed E-state index contributed by atoms with van der Waals surface area (Å²) >= 11 is 0. The number of nitriles is 1. The number of carbonyl (C=O) groups is 3. The molecule has 1 saturated heterocycles. The number of ether oxygens (including phenoxy) is 4. The Balaban J connectivity index is 1.69. The second-order valence-electron chi connectivity index (χ2n) is 12.6. The molecule has 2 heterocycles. The average Bonchev–Trinajstić information content (AvgIpc) is 3.30. The van der Waals surface area contributed by atoms with Crippen molar-refractivity contribution in [2.75, 3.05) is 19.9 Å². The molecule has 3 rings (SSSR count). The number of rotatable bonds is 10. The van der Waals surface area contributed by atoms with Gasteiger partial charge in [0.2, 0.25) is 5.91 Å². The van der Waals surface area contributed by atoms with Gasteiger partial charge in [0, 0.05) is 12.1 Å². The molecule has 232 valence electrons. The number of esters is 1. The smallest absolute Gasteiger partial charge is 0.408 e. The summed E-state index contributed by atoms with van der Waals surface area (Å²) in [5.74, 6) is -0.604. The maximum Gasteiger partial charge on any atom is 0.408 e. The molecule has 42 heavy (non-hydrogen) atoms. The van der Waals surface area contributed by atoms with Crippen molar-refractivity contribution >= 4 is 18.0 Å². The van der Waals surface area contributed by atoms with E-state index in [1.54, 1.807) is 39.0 Å². The van der Waals surface area contributed by atoms with Crippen LogP contribution in [0.5, 0.6) is 5.75 Å². The van der Waals surface area contributed by atoms with Crippen LogP contribution in [0.2, 0.25) is 0 Å². The first kappa shape index (κ1) is 33.1. The molecule has 0 bridgehead atoms. The van der Waals surface area contributed by atoms with E-state index in [0.717, 1.165) is 6.42 Å². The van der Waals surface area contributed by atoms with E-state index in [4.69, 9.17) is 18.9 Å². The van der Waals surface area contributed by atoms with Crippen molar-refractivity contribution in [2.45, 2.75) is 103 Å². The van der Waals surface area contributed by atoms with Gasteiger partial charge in [0.15, 0.2) is 6.79 Å². The number of fused-ring (bicyclic) bond motifs is 1. The standard InChI is InChI=1S/C30H44N4O8/c1-18(2)13-21(33-23(35)16-32-28(38)42-29(3,4)5)27(37)40-17-39-26-25(34-12-8-9-24(34)36)20-14-19(15-31)10-11-22(20)41-30(26,6)7/h10-11,14,18,21,24-26,36H,8-9,12-13,16-17H2,1-7H3,(H,32,38)(H,33,35)/t21-,24?,25+,26-/m0/s1. The molecule has 12 nitrogen and oxygen atoms in total. The molecule has 2 aliphatic heterocycles. The van der Waals surface area contributed by atoms with Crippen molar-refractivity contribution in [1.82, 2.24) is 15.5 Å². The van der Waals surface area contributed by atoms with Crippen molar-refractivity contribution in [3.05, 3.63) is 29.3 Å². The van der Waals surface area contributed by atoms with Gasteiger partial charge >= 0.3 is 12.1 Å². The van der Waals surface area contributed by atoms with Crippen LogP contribution in [0.3, 0.4) is 0 Å². The number of aliphatic hydroxyl groups is 1. The fourth-order valence-electron chi connectivity index (χ4n) is 5.23. The SMILES string of the molecule is CC(C)C[C@H](NC(=O)CNC(=O)OC(C)(C)C)C(=O)OCO[C@H]1[C@H](N2CCCC2O)c2cc(C#N)ccc2OC1(C)C. The topological polar surface area (TPSA) is 159 Å². The van der Waals surface area contributed by atoms with Crippen LogP contribution in [0, 0.1) is 17.2 Å². The Bertz CT molecular complexity index is 1170. The first-order valence-electron chi connectivity index (χ1n) is 14.3. The number of likely N-dealkylation sites (tertiary alicyclic amines) is 1. The molecule has 12 heteroatoms. The minimum Gasteiger partial charge on any atom is -0.485 e. The van der Waals surface area contributed by atoms with E-state index in [2.05, 4.69) is 16.7 Å². The van der Waals surface area contributed by atoms with Gasteiger partial charge in [-0.05, 0) is 78.0 Å². The van der Waals surface area contributed by atoms with Gasteiger partial charge in [-0.2, -0.15) is 5.26 Å². The summed E-state index contributed by atoms with van der Waals surface area (Å²) in [6, 6.07) is 5.89. The summed E-state index contributed by atoms with van der Waals surface area (Å²) in [7, 11) is 0. The van der Waals surface area contributed by atoms with Gasteiger partial charge in [0.25, 0.3) is 0 Å². The van der Waals surface area contributed by atoms with E-state index in [9.17, 15) is 24.8 Å². The van der Waals surface area contributed by atoms with Crippen LogP contribution in [0.1, 0.15) is 84.9 Å². The van der Waals surface area contributed by atoms with Crippen molar-refractivity contribution in [2.24, 2.45) is 5.92 Å². The van der Waals surface area contributed by atoms with Crippen LogP contribution >= 0.6 is 0 Å². The predicted molar refractivity (Wildman–Crippen MR) is 152 cm³/mol. The molecule has 2 amide bonds. The van der Waals surface area contributed by atoms with Crippen LogP contribution in [0.25, 0.3) is 0 Å². The summed E-state index contributed by atoms with van der Waals surface area (Å²) in [6.07, 6.45) is -0.402. The van der Waals surface area contributed by atoms with Crippen LogP contribution < -0.4 is 15.4 Å². The van der Waals surface area contributed by atoms with E-state index < -0.39 is 60.4 Å². The molecule has 0 aliphatic carbocycles. The van der Waals surface area contributed by atoms with E-state index >= 15 is 0 Å². The fourth-order valence-corrected chi connectivity index (χ4v) is 5.23. The number of aliphatic hydroxyl groups excluding tert-OH is 1. The minimum absolute atomic E-state index is 0.0557. The van der Waals surface area contributed by atoms with Crippen LogP contribution in [0.15, 0.2) is 18.2 Å². The Morgan fingerprint density at radius 3 is 2.57 bits per heavy atom. The van der Waals surface area contributed by atoms with Crippen molar-refractivity contribution in [3.63, 3.8) is 0 Å². The highest BCUT2D eigenvalue weighted by atomic mass is 16.7. The van der Waals surface area contributed by atoms with Crippen LogP contribution in [-0.2, 0) is 23.8 Å². The Morgan fingerprint density at radius 2 is 1.98 bits per heavy atom. The molecule has 0 spiro atoms. The zero-order valence-electron chi connectivity index (χ0n) is 25.6. The molecule has 1 aromatic rings. The van der Waals surface area contributed by atoms with Gasteiger partial charge in [-0.3, -0.25) is 9.69 Å². The van der Waals surface area contributed by atoms with Gasteiger partial charge in [-0.25, -0.2) is 9.59 Å². The summed E-state index contributed by atoms with van der Waals surface area (Å²) in [5.41, 5.74) is -0.420. The van der Waals surface area contributed by atoms with Crippen LogP contribution in [0.4, 0.5) is 4.79 Å². The first-order valence-corrected chi connectivity index (χ1v) is 14.3. The molecular formula is C30H44N4O8. The lowest BCUT2D eigenvalue weighted by molar-refractivity contribution is -0.195. The van der Waals surface area contributed by atoms with Gasteiger partial charge in [0.1, 0.15) is 41.9 Å². The molecule has 2 aliphatic rings. The molecule has 1 aromatic carbocycles. The van der Waals surface area contributed by atoms with Gasteiger partial charge in [-0.15, -0.1) is 0 Å². The molecule has 0 aromatic heterocycles. The number of hydrogen-bond acceptors (Lipinski definition) is 10. The molecule has 0 radical (unpaired) electrons. The molecule has 3 N–H and O–H groups in total. The van der Waals surface area contributed by atoms with E-state index in [0.29, 0.717) is 36.3 Å². The Hall–Kier alpha value is -3.40. The van der Waals surface area contributed by atoms with E-state index in [1.165, 1.54) is 0 Å². The number of nitrogens with zero attached hydrogens (tertiary/aromatic N) is 2. The summed E-state index contributed by atoms with van der Waals surface area (Å²) in [4.78, 5) is 39.4. The maximum atomic E-state index is 13.1. The third kappa shape index (κ3) is 8.80. The minimum atomic E-state index is -0.965. The summed E-state index contributed by atoms with van der Waals surface area (Å²) < 4.78 is 23.0. The highest BCUT2D eigenvalue weighted by Crippen LogP contribution is 2.46. The largest absolute Gasteiger partial charge is 0.485 e. The van der Waals surface area contributed by atoms with Crippen molar-refractivity contribution < 1.29 is 38.4 Å². The van der Waals surface area contributed by atoms with Gasteiger partial charge in [-0.1, -0.05) is 13.8 Å². The number of amides is 2. The monoisotopic (exact) mass is 588 g/mol. The number of alkyl carbamates (subject to hydrolysis) is 1. The molecular weight excluding hydrogens is 544 g/mol. The predicted octanol–water partition coefficient (Wildman–Crippen LogP) is 3.13. The van der Waals surface area contributed by atoms with Gasteiger partial charge in [0.05, 0.1) is 17.7 Å². The Labute approximate surface area is 247 Å². The highest BCUT2D eigenvalue weighted by Gasteiger charge is 2.49. The third-order valence-electron chi connectivity index (χ3n) is 6.99. The third-order valence-corrected chi connectivity index (χ3v) is 6.99. The van der Waals surface area contributed by atoms with E-state index in [1.807, 2.05) is 32.6 Å². The lowest BCUT2D eigenvalue weighted by Crippen LogP contribution is -2.56. The Morgan fingerprint density at radius 1 is 1.26 bits per heavy atom. The number of carbonyl (C=O) groups excluding carboxylic acids is 3. The molecule has 0 saturated carbocycles. The number of hydrogen-bond donors (Lipinski definition) is 3. The normalized spacial score (nSPS) is 22.3. The average molecular weight is 589 g/mol. The summed E-state index contributed by atoms with van der Waals surface area (Å²) in [6.45, 7) is 12.5. The second kappa shape index (κ2) is 13.7. The first-order chi connectivity index (χ1) is 19.6. The maximum absolute atomic E-state index is 13.1.